The lowest BCUT2D eigenvalue weighted by molar-refractivity contribution is -0.155. The van der Waals surface area contributed by atoms with Gasteiger partial charge in [0.25, 0.3) is 5.91 Å². The zero-order chi connectivity index (χ0) is 28.3. The van der Waals surface area contributed by atoms with Crippen molar-refractivity contribution >= 4 is 23.2 Å². The summed E-state index contributed by atoms with van der Waals surface area (Å²) in [6, 6.07) is 0.145. The molecule has 4 rings (SSSR count). The number of aliphatic hydroxyl groups is 3. The van der Waals surface area contributed by atoms with E-state index < -0.39 is 98.7 Å². The molecular formula is C26H29F3N2O7. The van der Waals surface area contributed by atoms with Crippen LogP contribution >= 0.6 is 0 Å². The number of amides is 1. The molecule has 206 valence electrons. The molecule has 1 aromatic carbocycles. The lowest BCUT2D eigenvalue weighted by Crippen LogP contribution is -2.66. The average molecular weight is 539 g/mol. The molecule has 0 aliphatic heterocycles. The molecule has 3 aliphatic carbocycles. The smallest absolute Gasteiger partial charge is 0.416 e. The monoisotopic (exact) mass is 538 g/mol. The van der Waals surface area contributed by atoms with Crippen molar-refractivity contribution in [2.45, 2.75) is 57.3 Å². The summed E-state index contributed by atoms with van der Waals surface area (Å²) in [6.45, 7) is 4.31. The number of hydrogen-bond acceptors (Lipinski definition) is 8. The van der Waals surface area contributed by atoms with Crippen molar-refractivity contribution < 1.29 is 48.0 Å². The molecular weight excluding hydrogens is 509 g/mol. The lowest BCUT2D eigenvalue weighted by atomic mass is 9.57. The second-order valence-corrected chi connectivity index (χ2v) is 10.0. The summed E-state index contributed by atoms with van der Waals surface area (Å²) in [6.07, 6.45) is -4.41. The van der Waals surface area contributed by atoms with E-state index in [0.29, 0.717) is 32.0 Å². The molecule has 4 atom stereocenters. The van der Waals surface area contributed by atoms with Crippen molar-refractivity contribution in [2.75, 3.05) is 13.1 Å². The number of rotatable bonds is 6. The maximum atomic E-state index is 13.9. The van der Waals surface area contributed by atoms with Gasteiger partial charge in [0.05, 0.1) is 17.2 Å². The first kappa shape index (κ1) is 27.6. The maximum Gasteiger partial charge on any atom is 0.416 e. The Bertz CT molecular complexity index is 1280. The number of carbonyl (C=O) groups excluding carboxylic acids is 3. The predicted molar refractivity (Wildman–Crippen MR) is 128 cm³/mol. The summed E-state index contributed by atoms with van der Waals surface area (Å²) in [4.78, 5) is 41.2. The fourth-order valence-corrected chi connectivity index (χ4v) is 6.30. The molecule has 6 N–H and O–H groups in total. The van der Waals surface area contributed by atoms with Crippen LogP contribution in [0.5, 0.6) is 5.75 Å². The van der Waals surface area contributed by atoms with Gasteiger partial charge in [0, 0.05) is 11.5 Å². The van der Waals surface area contributed by atoms with Crippen molar-refractivity contribution in [1.82, 2.24) is 4.90 Å². The normalized spacial score (nSPS) is 27.4. The number of aliphatic hydroxyl groups excluding tert-OH is 2. The Hall–Kier alpha value is -3.38. The molecule has 1 aromatic rings. The quantitative estimate of drug-likeness (QED) is 0.345. The molecule has 0 aromatic heterocycles. The molecule has 9 nitrogen and oxygen atoms in total. The first-order valence-corrected chi connectivity index (χ1v) is 12.4. The topological polar surface area (TPSA) is 161 Å². The number of alkyl halides is 3. The van der Waals surface area contributed by atoms with Crippen molar-refractivity contribution in [3.63, 3.8) is 0 Å². The molecule has 0 radical (unpaired) electrons. The van der Waals surface area contributed by atoms with Crippen LogP contribution in [0.3, 0.4) is 0 Å². The highest BCUT2D eigenvalue weighted by Gasteiger charge is 2.64. The Morgan fingerprint density at radius 3 is 2.26 bits per heavy atom. The van der Waals surface area contributed by atoms with Crippen molar-refractivity contribution in [2.24, 2.45) is 17.6 Å². The fraction of sp³-hybridized carbons (Fsp3) is 0.500. The highest BCUT2D eigenvalue weighted by Crippen LogP contribution is 2.54. The predicted octanol–water partition coefficient (Wildman–Crippen LogP) is 2.54. The number of phenols is 1. The number of hydrogen-bond donors (Lipinski definition) is 5. The number of fused-ring (bicyclic) bond motifs is 3. The Balaban J connectivity index is 1.98. The number of Topliss-reactive ketones (excluding diaryl/α,β-unsaturated/α-hetero) is 2. The zero-order valence-electron chi connectivity index (χ0n) is 20.8. The summed E-state index contributed by atoms with van der Waals surface area (Å²) in [7, 11) is 0. The van der Waals surface area contributed by atoms with Gasteiger partial charge in [-0.15, -0.1) is 0 Å². The Morgan fingerprint density at radius 2 is 1.74 bits per heavy atom. The van der Waals surface area contributed by atoms with Crippen LogP contribution in [0.25, 0.3) is 5.76 Å². The second kappa shape index (κ2) is 9.42. The number of benzene rings is 1. The van der Waals surface area contributed by atoms with Crippen molar-refractivity contribution in [1.29, 1.82) is 0 Å². The van der Waals surface area contributed by atoms with E-state index >= 15 is 0 Å². The SMILES string of the molecule is CCCN(CCC)[C@@H]1C(=O)C(C(N)=O)=C(O)[C@@]2(O)C(=O)C3=C(O)c4c(O)ccc(C(F)(F)F)c4C[C@H]3C[C@@H]12. The second-order valence-electron chi connectivity index (χ2n) is 10.0. The molecule has 0 unspecified atom stereocenters. The van der Waals surface area contributed by atoms with Crippen LogP contribution in [0.15, 0.2) is 29.0 Å². The Kier molecular flexibility index (Phi) is 6.86. The van der Waals surface area contributed by atoms with Gasteiger partial charge in [-0.3, -0.25) is 19.3 Å². The van der Waals surface area contributed by atoms with E-state index in [2.05, 4.69) is 0 Å². The first-order chi connectivity index (χ1) is 17.7. The van der Waals surface area contributed by atoms with Crippen LogP contribution in [0.1, 0.15) is 49.8 Å². The summed E-state index contributed by atoms with van der Waals surface area (Å²) < 4.78 is 41.4. The maximum absolute atomic E-state index is 13.9. The van der Waals surface area contributed by atoms with E-state index in [0.717, 1.165) is 6.07 Å². The van der Waals surface area contributed by atoms with Crippen LogP contribution in [0, 0.1) is 11.8 Å². The minimum Gasteiger partial charge on any atom is -0.508 e. The third kappa shape index (κ3) is 3.89. The van der Waals surface area contributed by atoms with E-state index in [1.165, 1.54) is 0 Å². The van der Waals surface area contributed by atoms with Crippen LogP contribution < -0.4 is 5.73 Å². The average Bonchev–Trinajstić information content (AvgIpc) is 2.80. The van der Waals surface area contributed by atoms with Gasteiger partial charge < -0.3 is 26.2 Å². The van der Waals surface area contributed by atoms with Gasteiger partial charge in [0.1, 0.15) is 22.8 Å². The highest BCUT2D eigenvalue weighted by atomic mass is 19.4. The number of nitrogens with zero attached hydrogens (tertiary/aromatic N) is 1. The van der Waals surface area contributed by atoms with Crippen LogP contribution in [-0.2, 0) is 27.0 Å². The number of primary amides is 1. The number of carbonyl (C=O) groups is 3. The van der Waals surface area contributed by atoms with E-state index in [-0.39, 0.29) is 6.42 Å². The number of nitrogens with two attached hydrogens (primary N) is 1. The first-order valence-electron chi connectivity index (χ1n) is 12.4. The van der Waals surface area contributed by atoms with E-state index in [1.54, 1.807) is 4.90 Å². The minimum absolute atomic E-state index is 0.273. The zero-order valence-corrected chi connectivity index (χ0v) is 20.8. The fourth-order valence-electron chi connectivity index (χ4n) is 6.30. The lowest BCUT2D eigenvalue weighted by Gasteiger charge is -2.51. The van der Waals surface area contributed by atoms with Gasteiger partial charge in [-0.25, -0.2) is 0 Å². The van der Waals surface area contributed by atoms with Crippen LogP contribution in [0.2, 0.25) is 0 Å². The summed E-state index contributed by atoms with van der Waals surface area (Å²) in [5.74, 6) is -8.84. The Morgan fingerprint density at radius 1 is 1.13 bits per heavy atom. The molecule has 1 fully saturated rings. The molecule has 12 heteroatoms. The molecule has 3 aliphatic rings. The minimum atomic E-state index is -4.82. The van der Waals surface area contributed by atoms with E-state index in [4.69, 9.17) is 5.73 Å². The molecule has 1 amide bonds. The number of halogens is 3. The van der Waals surface area contributed by atoms with Gasteiger partial charge in [0.2, 0.25) is 5.78 Å². The molecule has 0 spiro atoms. The third-order valence-corrected chi connectivity index (χ3v) is 7.77. The van der Waals surface area contributed by atoms with Crippen LogP contribution in [0.4, 0.5) is 13.2 Å². The number of ketones is 2. The summed E-state index contributed by atoms with van der Waals surface area (Å²) in [5.41, 5.74) is -1.03. The molecule has 0 bridgehead atoms. The van der Waals surface area contributed by atoms with Gasteiger partial charge in [-0.2, -0.15) is 13.2 Å². The Labute approximate surface area is 216 Å². The molecule has 0 heterocycles. The number of aromatic hydroxyl groups is 1. The standard InChI is InChI=1S/C26H29F3N2O7/c1-3-7-31(8-4-2)19-14-10-11-9-12-13(26(27,28)29)5-6-15(32)17(12)20(33)16(11)22(35)25(14,38)23(36)18(21(19)34)24(30)37/h5-6,11,14,19,32-33,36,38H,3-4,7-10H2,1-2H3,(H2,30,37)/t11-,14-,19-,25-/m0/s1. The van der Waals surface area contributed by atoms with Crippen molar-refractivity contribution in [3.8, 4) is 5.75 Å². The van der Waals surface area contributed by atoms with Crippen LogP contribution in [-0.4, -0.2) is 67.5 Å². The summed E-state index contributed by atoms with van der Waals surface area (Å²) >= 11 is 0. The molecule has 1 saturated carbocycles. The largest absolute Gasteiger partial charge is 0.508 e. The molecule has 0 saturated heterocycles. The van der Waals surface area contributed by atoms with Gasteiger partial charge >= 0.3 is 6.18 Å². The highest BCUT2D eigenvalue weighted by molar-refractivity contribution is 6.24. The van der Waals surface area contributed by atoms with Gasteiger partial charge in [-0.05, 0) is 62.4 Å². The summed E-state index contributed by atoms with van der Waals surface area (Å²) in [5, 5.41) is 44.0. The number of phenolic OH excluding ortho intramolecular Hbond substituents is 1. The molecule has 38 heavy (non-hydrogen) atoms. The van der Waals surface area contributed by atoms with Gasteiger partial charge in [0.15, 0.2) is 11.4 Å². The van der Waals surface area contributed by atoms with E-state index in [1.807, 2.05) is 13.8 Å². The van der Waals surface area contributed by atoms with E-state index in [9.17, 15) is 48.0 Å². The van der Waals surface area contributed by atoms with Gasteiger partial charge in [-0.1, -0.05) is 13.8 Å². The van der Waals surface area contributed by atoms with Crippen molar-refractivity contribution in [3.05, 3.63) is 45.7 Å². The third-order valence-electron chi connectivity index (χ3n) is 7.77.